The lowest BCUT2D eigenvalue weighted by molar-refractivity contribution is -0.0912. The van der Waals surface area contributed by atoms with Gasteiger partial charge in [-0.1, -0.05) is 32.6 Å². The Morgan fingerprint density at radius 2 is 1.84 bits per heavy atom. The number of pyridine rings is 2. The molecule has 2 heterocycles. The smallest absolute Gasteiger partial charge is 0.412 e. The van der Waals surface area contributed by atoms with Crippen molar-refractivity contribution in [2.75, 3.05) is 12.4 Å². The van der Waals surface area contributed by atoms with E-state index >= 15 is 0 Å². The van der Waals surface area contributed by atoms with Crippen LogP contribution in [0.2, 0.25) is 0 Å². The Morgan fingerprint density at radius 3 is 2.35 bits per heavy atom. The summed E-state index contributed by atoms with van der Waals surface area (Å²) in [5.74, 6) is 0.591. The summed E-state index contributed by atoms with van der Waals surface area (Å²) in [6.07, 6.45) is 1.41. The first-order valence-corrected chi connectivity index (χ1v) is 11.2. The number of rotatable bonds is 5. The number of aryl methyl sites for hydroxylation is 1. The maximum absolute atomic E-state index is 12.2. The van der Waals surface area contributed by atoms with Gasteiger partial charge >= 0.3 is 6.18 Å². The number of alkyl halides is 3. The lowest BCUT2D eigenvalue weighted by Crippen LogP contribution is -2.13. The molecule has 0 saturated heterocycles. The van der Waals surface area contributed by atoms with E-state index in [-0.39, 0.29) is 5.91 Å². The molecule has 1 amide bonds. The maximum atomic E-state index is 12.2. The number of anilines is 1. The summed E-state index contributed by atoms with van der Waals surface area (Å²) in [5, 5.41) is 11.7. The van der Waals surface area contributed by atoms with Gasteiger partial charge in [-0.15, -0.1) is 0 Å². The van der Waals surface area contributed by atoms with Crippen molar-refractivity contribution in [2.45, 2.75) is 33.9 Å². The first-order chi connectivity index (χ1) is 17.5. The highest BCUT2D eigenvalue weighted by molar-refractivity contribution is 6.04. The molecule has 0 bridgehead atoms. The average Bonchev–Trinajstić information content (AvgIpc) is 2.91. The molecular formula is C28H29F3N4O2. The molecular weight excluding hydrogens is 481 g/mol. The molecule has 194 valence electrons. The van der Waals surface area contributed by atoms with Gasteiger partial charge in [0, 0.05) is 29.7 Å². The maximum Gasteiger partial charge on any atom is 0.412 e. The molecule has 1 N–H and O–H groups in total. The van der Waals surface area contributed by atoms with Crippen LogP contribution >= 0.6 is 0 Å². The lowest BCUT2D eigenvalue weighted by atomic mass is 10.1. The minimum absolute atomic E-state index is 0.304. The van der Waals surface area contributed by atoms with Gasteiger partial charge in [0.15, 0.2) is 0 Å². The fourth-order valence-electron chi connectivity index (χ4n) is 2.65. The number of halogens is 3. The van der Waals surface area contributed by atoms with Crippen molar-refractivity contribution in [1.29, 1.82) is 5.26 Å². The number of hydrogen-bond acceptors (Lipinski definition) is 5. The Hall–Kier alpha value is -4.45. The largest absolute Gasteiger partial charge is 0.495 e. The zero-order chi connectivity index (χ0) is 28.0. The van der Waals surface area contributed by atoms with Crippen molar-refractivity contribution < 1.29 is 22.7 Å². The van der Waals surface area contributed by atoms with Gasteiger partial charge in [0.1, 0.15) is 17.6 Å². The van der Waals surface area contributed by atoms with Gasteiger partial charge in [0.05, 0.1) is 12.7 Å². The van der Waals surface area contributed by atoms with Crippen molar-refractivity contribution in [3.05, 3.63) is 102 Å². The highest BCUT2D eigenvalue weighted by Crippen LogP contribution is 2.27. The van der Waals surface area contributed by atoms with Crippen LogP contribution in [0.4, 0.5) is 19.0 Å². The molecule has 3 aromatic rings. The molecule has 0 saturated carbocycles. The van der Waals surface area contributed by atoms with Gasteiger partial charge in [0.25, 0.3) is 5.91 Å². The Balaban J connectivity index is 0.000000360. The molecule has 0 aliphatic rings. The van der Waals surface area contributed by atoms with E-state index in [2.05, 4.69) is 21.9 Å². The van der Waals surface area contributed by atoms with Crippen LogP contribution in [0.25, 0.3) is 5.57 Å². The molecule has 0 unspecified atom stereocenters. The zero-order valence-corrected chi connectivity index (χ0v) is 21.3. The van der Waals surface area contributed by atoms with E-state index < -0.39 is 11.7 Å². The number of carbonyl (C=O) groups is 1. The molecule has 9 heteroatoms. The Kier molecular flexibility index (Phi) is 12.3. The van der Waals surface area contributed by atoms with Crippen LogP contribution in [0, 0.1) is 18.3 Å². The molecule has 6 nitrogen and oxygen atoms in total. The van der Waals surface area contributed by atoms with Crippen LogP contribution in [0.5, 0.6) is 5.75 Å². The number of amides is 1. The summed E-state index contributed by atoms with van der Waals surface area (Å²) >= 11 is 0. The number of benzene rings is 1. The van der Waals surface area contributed by atoms with Crippen LogP contribution in [-0.4, -0.2) is 29.2 Å². The third-order valence-electron chi connectivity index (χ3n) is 4.61. The van der Waals surface area contributed by atoms with E-state index in [0.29, 0.717) is 33.8 Å². The number of allylic oxidation sites excluding steroid dienone is 3. The number of nitrogens with one attached hydrogen (secondary N) is 1. The van der Waals surface area contributed by atoms with E-state index in [1.807, 2.05) is 32.9 Å². The quantitative estimate of drug-likeness (QED) is 0.368. The predicted octanol–water partition coefficient (Wildman–Crippen LogP) is 7.15. The van der Waals surface area contributed by atoms with Gasteiger partial charge in [0.2, 0.25) is 0 Å². The van der Waals surface area contributed by atoms with Crippen molar-refractivity contribution >= 4 is 17.3 Å². The molecule has 1 aromatic carbocycles. The zero-order valence-electron chi connectivity index (χ0n) is 21.3. The van der Waals surface area contributed by atoms with E-state index in [1.54, 1.807) is 42.7 Å². The van der Waals surface area contributed by atoms with Gasteiger partial charge in [-0.2, -0.15) is 18.4 Å². The predicted molar refractivity (Wildman–Crippen MR) is 139 cm³/mol. The Morgan fingerprint density at radius 1 is 1.14 bits per heavy atom. The van der Waals surface area contributed by atoms with Crippen LogP contribution < -0.4 is 10.1 Å². The third-order valence-corrected chi connectivity index (χ3v) is 4.61. The van der Waals surface area contributed by atoms with Crippen LogP contribution in [0.1, 0.15) is 47.8 Å². The molecule has 0 fully saturated rings. The Labute approximate surface area is 215 Å². The normalized spacial score (nSPS) is 10.5. The number of nitriles is 1. The second-order valence-corrected chi connectivity index (χ2v) is 7.29. The average molecular weight is 511 g/mol. The first kappa shape index (κ1) is 30.6. The summed E-state index contributed by atoms with van der Waals surface area (Å²) in [4.78, 5) is 20.0. The molecule has 37 heavy (non-hydrogen) atoms. The monoisotopic (exact) mass is 510 g/mol. The summed E-state index contributed by atoms with van der Waals surface area (Å²) in [7, 11) is 1.48. The van der Waals surface area contributed by atoms with Gasteiger partial charge in [-0.3, -0.25) is 9.78 Å². The second-order valence-electron chi connectivity index (χ2n) is 7.29. The summed E-state index contributed by atoms with van der Waals surface area (Å²) in [6, 6.07) is 13.6. The minimum Gasteiger partial charge on any atom is -0.495 e. The summed E-state index contributed by atoms with van der Waals surface area (Å²) < 4.78 is 41.6. The highest BCUT2D eigenvalue weighted by atomic mass is 19.4. The number of carbonyl (C=O) groups excluding carboxylic acids is 1. The number of ether oxygens (including phenoxy) is 1. The highest BCUT2D eigenvalue weighted by Gasteiger charge is 2.29. The van der Waals surface area contributed by atoms with Crippen LogP contribution in [0.15, 0.2) is 79.3 Å². The fraction of sp³-hybridized carbons (Fsp3) is 0.214. The summed E-state index contributed by atoms with van der Waals surface area (Å²) in [5.41, 5.74) is 1.93. The third kappa shape index (κ3) is 9.98. The van der Waals surface area contributed by atoms with Gasteiger partial charge < -0.3 is 10.1 Å². The minimum atomic E-state index is -4.30. The van der Waals surface area contributed by atoms with Crippen LogP contribution in [0.3, 0.4) is 0 Å². The molecule has 0 aliphatic carbocycles. The first-order valence-electron chi connectivity index (χ1n) is 11.2. The molecule has 0 aliphatic heterocycles. The number of hydrogen-bond donors (Lipinski definition) is 1. The molecule has 3 rings (SSSR count). The molecule has 0 spiro atoms. The topological polar surface area (TPSA) is 87.9 Å². The van der Waals surface area contributed by atoms with Crippen molar-refractivity contribution in [3.63, 3.8) is 0 Å². The Bertz CT molecular complexity index is 1250. The number of methoxy groups -OCH3 is 1. The fourth-order valence-corrected chi connectivity index (χ4v) is 2.65. The number of nitrogens with zero attached hydrogens (tertiary/aromatic N) is 3. The number of aromatic nitrogens is 2. The second kappa shape index (κ2) is 14.8. The van der Waals surface area contributed by atoms with Gasteiger partial charge in [-0.05, 0) is 67.0 Å². The van der Waals surface area contributed by atoms with Crippen LogP contribution in [-0.2, 0) is 0 Å². The standard InChI is InChI=1S/C15H13N3O2.C11H10F3N.C2H6/c1-10-3-6-14(17-9-10)18-15(19)11-4-5-13(20-2)12(7-11)8-16;1-8(6-9(2)11(12,13)14)10-4-3-5-15-7-10;1-2/h3-7,9H,1-2H3,(H,17,18,19);3-7H,1H2,2H3;1-2H3/b;9-6+;. The van der Waals surface area contributed by atoms with E-state index in [0.717, 1.165) is 18.6 Å². The van der Waals surface area contributed by atoms with E-state index in [1.165, 1.54) is 19.4 Å². The SMILES string of the molecule is C=C(/C=C(\C)C(F)(F)F)c1cccnc1.CC.COc1ccc(C(=O)Nc2ccc(C)cn2)cc1C#N. The lowest BCUT2D eigenvalue weighted by Gasteiger charge is -2.07. The molecule has 0 radical (unpaired) electrons. The van der Waals surface area contributed by atoms with Crippen molar-refractivity contribution in [3.8, 4) is 11.8 Å². The van der Waals surface area contributed by atoms with Gasteiger partial charge in [-0.25, -0.2) is 4.98 Å². The van der Waals surface area contributed by atoms with E-state index in [4.69, 9.17) is 10.00 Å². The molecule has 0 atom stereocenters. The summed E-state index contributed by atoms with van der Waals surface area (Å²) in [6.45, 7) is 10.5. The molecule has 2 aromatic heterocycles. The van der Waals surface area contributed by atoms with Crippen molar-refractivity contribution in [1.82, 2.24) is 9.97 Å². The van der Waals surface area contributed by atoms with Crippen molar-refractivity contribution in [2.24, 2.45) is 0 Å². The van der Waals surface area contributed by atoms with E-state index in [9.17, 15) is 18.0 Å².